The smallest absolute Gasteiger partial charge is 0.234 e. The lowest BCUT2D eigenvalue weighted by Gasteiger charge is -2.19. The largest absolute Gasteiger partial charge is 0.543 e. The first kappa shape index (κ1) is 8.70. The maximum absolute atomic E-state index is 10.5. The summed E-state index contributed by atoms with van der Waals surface area (Å²) in [6.07, 6.45) is 5.20. The van der Waals surface area contributed by atoms with Crippen LogP contribution in [-0.4, -0.2) is 21.6 Å². The van der Waals surface area contributed by atoms with Gasteiger partial charge in [-0.2, -0.15) is 4.99 Å². The number of quaternary nitrogens is 1. The molecule has 0 saturated heterocycles. The summed E-state index contributed by atoms with van der Waals surface area (Å²) in [4.78, 5) is 15.3. The minimum absolute atomic E-state index is 0.0151. The Morgan fingerprint density at radius 2 is 2.54 bits per heavy atom. The first-order valence-electron chi connectivity index (χ1n) is 3.65. The van der Waals surface area contributed by atoms with Gasteiger partial charge in [-0.25, -0.2) is 4.90 Å². The molecule has 0 bridgehead atoms. The van der Waals surface area contributed by atoms with Crippen LogP contribution < -0.4 is 10.0 Å². The Morgan fingerprint density at radius 1 is 1.77 bits per heavy atom. The lowest BCUT2D eigenvalue weighted by Crippen LogP contribution is -3.11. The number of nitrogens with zero attached hydrogens (tertiary/aromatic N) is 2. The molecule has 1 atom stereocenters. The Bertz CT molecular complexity index is 348. The van der Waals surface area contributed by atoms with Crippen LogP contribution in [-0.2, 0) is 4.79 Å². The number of hydrogen-bond donors (Lipinski definition) is 1. The first-order chi connectivity index (χ1) is 6.16. The fourth-order valence-corrected chi connectivity index (χ4v) is 1.74. The summed E-state index contributed by atoms with van der Waals surface area (Å²) in [5, 5.41) is 10.5. The van der Waals surface area contributed by atoms with Crippen LogP contribution in [0.15, 0.2) is 29.2 Å². The predicted molar refractivity (Wildman–Crippen MR) is 51.4 cm³/mol. The molecule has 1 N–H and O–H groups in total. The number of carbonyl (C=O) groups is 1. The van der Waals surface area contributed by atoms with E-state index in [1.165, 1.54) is 0 Å². The number of halogens is 1. The van der Waals surface area contributed by atoms with Gasteiger partial charge in [0.15, 0.2) is 6.67 Å². The zero-order chi connectivity index (χ0) is 9.42. The van der Waals surface area contributed by atoms with Crippen LogP contribution in [0.5, 0.6) is 0 Å². The molecule has 68 valence electrons. The Morgan fingerprint density at radius 3 is 3.23 bits per heavy atom. The standard InChI is InChI=1S/C7H6IN3O2/c8-11-2-1-6-9-5(7(12)13)3-10(6)4-11/h1-3H,4H2,(H,12,13). The Balaban J connectivity index is 2.27. The molecule has 0 aromatic heterocycles. The highest BCUT2D eigenvalue weighted by molar-refractivity contribution is 14.1. The number of amidine groups is 1. The number of aliphatic imine (C=N–C) groups is 1. The van der Waals surface area contributed by atoms with Gasteiger partial charge in [0, 0.05) is 12.3 Å². The molecule has 0 fully saturated rings. The maximum Gasteiger partial charge on any atom is 0.234 e. The van der Waals surface area contributed by atoms with Gasteiger partial charge in [-0.05, 0) is 0 Å². The van der Waals surface area contributed by atoms with Crippen molar-refractivity contribution >= 4 is 34.7 Å². The number of carboxylic acids is 1. The lowest BCUT2D eigenvalue weighted by atomic mass is 10.4. The molecular formula is C7H6IN3O2. The van der Waals surface area contributed by atoms with E-state index < -0.39 is 5.97 Å². The van der Waals surface area contributed by atoms with Crippen LogP contribution in [0.3, 0.4) is 0 Å². The molecule has 0 amide bonds. The first-order valence-corrected chi connectivity index (χ1v) is 4.62. The Hall–Kier alpha value is -0.890. The monoisotopic (exact) mass is 291 g/mol. The van der Waals surface area contributed by atoms with Crippen LogP contribution >= 0.6 is 22.9 Å². The summed E-state index contributed by atoms with van der Waals surface area (Å²) in [7, 11) is 0. The number of nitrogens with one attached hydrogen (secondary N) is 1. The van der Waals surface area contributed by atoms with E-state index >= 15 is 0 Å². The second-order valence-corrected chi connectivity index (χ2v) is 3.95. The lowest BCUT2D eigenvalue weighted by molar-refractivity contribution is -0.753. The molecule has 5 nitrogen and oxygen atoms in total. The summed E-state index contributed by atoms with van der Waals surface area (Å²) in [5.74, 6) is -0.491. The van der Waals surface area contributed by atoms with E-state index in [1.807, 2.05) is 9.31 Å². The van der Waals surface area contributed by atoms with Crippen molar-refractivity contribution in [1.29, 1.82) is 0 Å². The topological polar surface area (TPSA) is 60.2 Å². The van der Waals surface area contributed by atoms with Gasteiger partial charge in [0.25, 0.3) is 0 Å². The van der Waals surface area contributed by atoms with E-state index in [9.17, 15) is 9.90 Å². The van der Waals surface area contributed by atoms with E-state index in [1.54, 1.807) is 12.3 Å². The molecule has 2 heterocycles. The summed E-state index contributed by atoms with van der Waals surface area (Å²) >= 11 is 2.14. The molecule has 0 aliphatic carbocycles. The minimum atomic E-state index is -1.22. The molecule has 2 aliphatic rings. The third-order valence-electron chi connectivity index (χ3n) is 1.81. The molecule has 0 spiro atoms. The van der Waals surface area contributed by atoms with Crippen molar-refractivity contribution in [3.8, 4) is 0 Å². The number of carbonyl (C=O) groups excluding carboxylic acids is 1. The normalized spacial score (nSPS) is 25.3. The van der Waals surface area contributed by atoms with Gasteiger partial charge < -0.3 is 9.90 Å². The average Bonchev–Trinajstić information content (AvgIpc) is 2.46. The molecule has 0 aromatic carbocycles. The summed E-state index contributed by atoms with van der Waals surface area (Å²) in [6, 6.07) is 0. The molecule has 0 radical (unpaired) electrons. The highest BCUT2D eigenvalue weighted by atomic mass is 127. The Labute approximate surface area is 88.5 Å². The van der Waals surface area contributed by atoms with Crippen LogP contribution in [0.1, 0.15) is 0 Å². The molecular weight excluding hydrogens is 285 g/mol. The van der Waals surface area contributed by atoms with Gasteiger partial charge in [0.05, 0.1) is 28.8 Å². The predicted octanol–water partition coefficient (Wildman–Crippen LogP) is -1.99. The van der Waals surface area contributed by atoms with Crippen molar-refractivity contribution in [2.45, 2.75) is 0 Å². The summed E-state index contributed by atoms with van der Waals surface area (Å²) in [6.45, 7) is 0.687. The van der Waals surface area contributed by atoms with Gasteiger partial charge in [0.2, 0.25) is 5.84 Å². The van der Waals surface area contributed by atoms with E-state index in [0.29, 0.717) is 6.67 Å². The van der Waals surface area contributed by atoms with Crippen molar-refractivity contribution < 1.29 is 14.8 Å². The van der Waals surface area contributed by atoms with Gasteiger partial charge >= 0.3 is 0 Å². The second kappa shape index (κ2) is 3.11. The number of rotatable bonds is 1. The number of aliphatic carboxylic acids is 1. The van der Waals surface area contributed by atoms with Gasteiger partial charge in [-0.1, -0.05) is 0 Å². The highest BCUT2D eigenvalue weighted by Gasteiger charge is 2.26. The minimum Gasteiger partial charge on any atom is -0.543 e. The van der Waals surface area contributed by atoms with E-state index in [2.05, 4.69) is 27.9 Å². The summed E-state index contributed by atoms with van der Waals surface area (Å²) < 4.78 is 1.93. The fraction of sp³-hybridized carbons (Fsp3) is 0.143. The zero-order valence-electron chi connectivity index (χ0n) is 6.53. The number of carboxylic acid groups (broad SMARTS) is 1. The molecule has 0 aromatic rings. The zero-order valence-corrected chi connectivity index (χ0v) is 8.69. The van der Waals surface area contributed by atoms with E-state index in [0.717, 1.165) is 10.7 Å². The molecule has 6 heteroatoms. The fourth-order valence-electron chi connectivity index (χ4n) is 1.22. The maximum atomic E-state index is 10.5. The average molecular weight is 291 g/mol. The second-order valence-electron chi connectivity index (χ2n) is 2.71. The van der Waals surface area contributed by atoms with E-state index in [-0.39, 0.29) is 5.70 Å². The summed E-state index contributed by atoms with van der Waals surface area (Å²) in [5.41, 5.74) is 0.0151. The molecule has 1 unspecified atom stereocenters. The van der Waals surface area contributed by atoms with Crippen molar-refractivity contribution in [3.05, 3.63) is 24.2 Å². The molecule has 0 saturated carbocycles. The van der Waals surface area contributed by atoms with Crippen LogP contribution in [0.4, 0.5) is 0 Å². The van der Waals surface area contributed by atoms with Crippen molar-refractivity contribution in [2.24, 2.45) is 4.99 Å². The number of hydrogen-bond acceptors (Lipinski definition) is 4. The van der Waals surface area contributed by atoms with Crippen molar-refractivity contribution in [2.75, 3.05) is 6.67 Å². The van der Waals surface area contributed by atoms with Crippen molar-refractivity contribution in [1.82, 2.24) is 3.11 Å². The molecule has 2 aliphatic heterocycles. The highest BCUT2D eigenvalue weighted by Crippen LogP contribution is 2.05. The molecule has 2 rings (SSSR count). The third-order valence-corrected chi connectivity index (χ3v) is 2.47. The van der Waals surface area contributed by atoms with Crippen LogP contribution in [0.25, 0.3) is 0 Å². The van der Waals surface area contributed by atoms with Crippen molar-refractivity contribution in [3.63, 3.8) is 0 Å². The third kappa shape index (κ3) is 1.59. The van der Waals surface area contributed by atoms with Crippen LogP contribution in [0, 0.1) is 0 Å². The van der Waals surface area contributed by atoms with Gasteiger partial charge in [-0.3, -0.25) is 3.11 Å². The number of fused-ring (bicyclic) bond motifs is 1. The van der Waals surface area contributed by atoms with Gasteiger partial charge in [-0.15, -0.1) is 0 Å². The SMILES string of the molecule is O=C([O-])C1=C[NH+]2CN(I)C=CC2=N1. The van der Waals surface area contributed by atoms with Crippen LogP contribution in [0.2, 0.25) is 0 Å². The molecule has 13 heavy (non-hydrogen) atoms. The quantitative estimate of drug-likeness (QED) is 0.449. The van der Waals surface area contributed by atoms with E-state index in [4.69, 9.17) is 0 Å². The van der Waals surface area contributed by atoms with Gasteiger partial charge in [0.1, 0.15) is 11.9 Å². The Kier molecular flexibility index (Phi) is 2.08.